The normalized spacial score (nSPS) is 10.5. The molecule has 0 aromatic heterocycles. The van der Waals surface area contributed by atoms with Crippen molar-refractivity contribution in [1.82, 2.24) is 5.32 Å². The van der Waals surface area contributed by atoms with Crippen molar-refractivity contribution >= 4 is 23.2 Å². The monoisotopic (exact) mass is 335 g/mol. The van der Waals surface area contributed by atoms with Gasteiger partial charge in [-0.2, -0.15) is 0 Å². The molecule has 0 heterocycles. The van der Waals surface area contributed by atoms with E-state index in [1.165, 1.54) is 5.56 Å². The predicted molar refractivity (Wildman–Crippen MR) is 93.9 cm³/mol. The summed E-state index contributed by atoms with van der Waals surface area (Å²) in [7, 11) is 0. The zero-order valence-electron chi connectivity index (χ0n) is 12.5. The van der Waals surface area contributed by atoms with E-state index in [4.69, 9.17) is 27.9 Å². The van der Waals surface area contributed by atoms with Crippen LogP contribution in [0.25, 0.3) is 0 Å². The Morgan fingerprint density at radius 3 is 2.59 bits per heavy atom. The Morgan fingerprint density at radius 2 is 1.91 bits per heavy atom. The van der Waals surface area contributed by atoms with Crippen molar-refractivity contribution in [3.05, 3.63) is 75.8 Å². The molecule has 22 heavy (non-hydrogen) atoms. The maximum absolute atomic E-state index is 6.28. The number of rotatable bonds is 7. The minimum atomic E-state index is 0.468. The molecule has 4 heteroatoms. The average Bonchev–Trinajstić information content (AvgIpc) is 2.48. The van der Waals surface area contributed by atoms with E-state index in [-0.39, 0.29) is 0 Å². The lowest BCUT2D eigenvalue weighted by molar-refractivity contribution is 0.302. The smallest absolute Gasteiger partial charge is 0.142 e. The van der Waals surface area contributed by atoms with Gasteiger partial charge in [0.15, 0.2) is 0 Å². The second-order valence-electron chi connectivity index (χ2n) is 5.07. The molecular weight excluding hydrogens is 317 g/mol. The van der Waals surface area contributed by atoms with Crippen LogP contribution in [0, 0.1) is 6.92 Å². The molecule has 0 aliphatic heterocycles. The summed E-state index contributed by atoms with van der Waals surface area (Å²) >= 11 is 12.4. The second kappa shape index (κ2) is 8.23. The Bertz CT molecular complexity index is 638. The van der Waals surface area contributed by atoms with Gasteiger partial charge in [0.1, 0.15) is 12.4 Å². The minimum Gasteiger partial charge on any atom is -0.487 e. The fraction of sp³-hybridized carbons (Fsp3) is 0.222. The highest BCUT2D eigenvalue weighted by Gasteiger charge is 2.11. The second-order valence-corrected chi connectivity index (χ2v) is 5.91. The quantitative estimate of drug-likeness (QED) is 0.557. The molecule has 0 saturated carbocycles. The largest absolute Gasteiger partial charge is 0.487 e. The van der Waals surface area contributed by atoms with Crippen LogP contribution in [0.1, 0.15) is 16.7 Å². The molecule has 0 radical (unpaired) electrons. The van der Waals surface area contributed by atoms with Gasteiger partial charge in [0.05, 0.1) is 5.02 Å². The van der Waals surface area contributed by atoms with Crippen molar-refractivity contribution in [3.8, 4) is 5.75 Å². The number of ether oxygens (including phenoxy) is 1. The summed E-state index contributed by atoms with van der Waals surface area (Å²) in [4.78, 5) is 0. The summed E-state index contributed by atoms with van der Waals surface area (Å²) in [5.41, 5.74) is 3.26. The lowest BCUT2D eigenvalue weighted by atomic mass is 10.1. The van der Waals surface area contributed by atoms with E-state index in [9.17, 15) is 0 Å². The number of halogens is 2. The standard InChI is InChI=1S/C18H19Cl2NO/c1-3-8-21-11-15-9-16(19)10-17(20)18(15)22-12-14-6-4-13(2)5-7-14/h3-7,9-10,21H,1,8,11-12H2,2H3. The van der Waals surface area contributed by atoms with Gasteiger partial charge in [-0.05, 0) is 24.6 Å². The SMILES string of the molecule is C=CCNCc1cc(Cl)cc(Cl)c1OCc1ccc(C)cc1. The van der Waals surface area contributed by atoms with Gasteiger partial charge in [-0.1, -0.05) is 59.1 Å². The van der Waals surface area contributed by atoms with Crippen molar-refractivity contribution in [2.75, 3.05) is 6.54 Å². The summed E-state index contributed by atoms with van der Waals surface area (Å²) in [5, 5.41) is 4.36. The van der Waals surface area contributed by atoms with Crippen LogP contribution in [0.5, 0.6) is 5.75 Å². The Kier molecular flexibility index (Phi) is 6.32. The van der Waals surface area contributed by atoms with Gasteiger partial charge in [-0.25, -0.2) is 0 Å². The molecule has 2 nitrogen and oxygen atoms in total. The van der Waals surface area contributed by atoms with Crippen LogP contribution in [0.2, 0.25) is 10.0 Å². The predicted octanol–water partition coefficient (Wildman–Crippen LogP) is 5.16. The molecule has 0 amide bonds. The van der Waals surface area contributed by atoms with E-state index in [1.807, 2.05) is 6.07 Å². The number of benzene rings is 2. The minimum absolute atomic E-state index is 0.468. The first kappa shape index (κ1) is 16.9. The lowest BCUT2D eigenvalue weighted by Gasteiger charge is -2.14. The molecule has 1 N–H and O–H groups in total. The van der Waals surface area contributed by atoms with Crippen molar-refractivity contribution in [2.24, 2.45) is 0 Å². The van der Waals surface area contributed by atoms with Crippen molar-refractivity contribution in [3.63, 3.8) is 0 Å². The molecular formula is C18H19Cl2NO. The first-order chi connectivity index (χ1) is 10.6. The van der Waals surface area contributed by atoms with Crippen LogP contribution in [0.3, 0.4) is 0 Å². The molecule has 0 unspecified atom stereocenters. The summed E-state index contributed by atoms with van der Waals surface area (Å²) in [6.45, 7) is 7.54. The van der Waals surface area contributed by atoms with Gasteiger partial charge in [-0.15, -0.1) is 6.58 Å². The third kappa shape index (κ3) is 4.77. The van der Waals surface area contributed by atoms with Crippen LogP contribution in [-0.4, -0.2) is 6.54 Å². The maximum atomic E-state index is 6.28. The van der Waals surface area contributed by atoms with Crippen molar-refractivity contribution in [1.29, 1.82) is 0 Å². The number of hydrogen-bond donors (Lipinski definition) is 1. The number of hydrogen-bond acceptors (Lipinski definition) is 2. The Balaban J connectivity index is 2.13. The fourth-order valence-corrected chi connectivity index (χ4v) is 2.65. The molecule has 0 atom stereocenters. The first-order valence-electron chi connectivity index (χ1n) is 7.08. The molecule has 0 aliphatic carbocycles. The summed E-state index contributed by atoms with van der Waals surface area (Å²) < 4.78 is 5.92. The third-order valence-electron chi connectivity index (χ3n) is 3.19. The molecule has 0 bridgehead atoms. The third-order valence-corrected chi connectivity index (χ3v) is 3.69. The molecule has 0 aliphatic rings. The van der Waals surface area contributed by atoms with Gasteiger partial charge < -0.3 is 10.1 Å². The Hall–Kier alpha value is -1.48. The van der Waals surface area contributed by atoms with Crippen molar-refractivity contribution < 1.29 is 4.74 Å². The van der Waals surface area contributed by atoms with Gasteiger partial charge in [0.2, 0.25) is 0 Å². The molecule has 0 spiro atoms. The highest BCUT2D eigenvalue weighted by atomic mass is 35.5. The average molecular weight is 336 g/mol. The van der Waals surface area contributed by atoms with Crippen molar-refractivity contribution in [2.45, 2.75) is 20.1 Å². The zero-order chi connectivity index (χ0) is 15.9. The fourth-order valence-electron chi connectivity index (χ4n) is 2.06. The van der Waals surface area contributed by atoms with Crippen LogP contribution in [-0.2, 0) is 13.2 Å². The van der Waals surface area contributed by atoms with E-state index in [1.54, 1.807) is 12.1 Å². The number of nitrogens with one attached hydrogen (secondary N) is 1. The highest BCUT2D eigenvalue weighted by Crippen LogP contribution is 2.33. The van der Waals surface area contributed by atoms with E-state index in [0.717, 1.165) is 11.1 Å². The van der Waals surface area contributed by atoms with Gasteiger partial charge in [-0.3, -0.25) is 0 Å². The van der Waals surface area contributed by atoms with Crippen LogP contribution >= 0.6 is 23.2 Å². The topological polar surface area (TPSA) is 21.3 Å². The van der Waals surface area contributed by atoms with Crippen LogP contribution in [0.4, 0.5) is 0 Å². The van der Waals surface area contributed by atoms with Gasteiger partial charge >= 0.3 is 0 Å². The van der Waals surface area contributed by atoms with Crippen LogP contribution < -0.4 is 10.1 Å². The Morgan fingerprint density at radius 1 is 1.18 bits per heavy atom. The van der Waals surface area contributed by atoms with E-state index >= 15 is 0 Å². The van der Waals surface area contributed by atoms with E-state index in [2.05, 4.69) is 43.1 Å². The first-order valence-corrected chi connectivity index (χ1v) is 7.83. The van der Waals surface area contributed by atoms with Gasteiger partial charge in [0.25, 0.3) is 0 Å². The maximum Gasteiger partial charge on any atom is 0.142 e. The molecule has 0 fully saturated rings. The molecule has 116 valence electrons. The van der Waals surface area contributed by atoms with Crippen LogP contribution in [0.15, 0.2) is 49.1 Å². The molecule has 2 rings (SSSR count). The zero-order valence-corrected chi connectivity index (χ0v) is 14.0. The van der Waals surface area contributed by atoms with E-state index in [0.29, 0.717) is 35.5 Å². The highest BCUT2D eigenvalue weighted by molar-refractivity contribution is 6.35. The summed E-state index contributed by atoms with van der Waals surface area (Å²) in [5.74, 6) is 0.670. The summed E-state index contributed by atoms with van der Waals surface area (Å²) in [6, 6.07) is 11.8. The molecule has 2 aromatic rings. The lowest BCUT2D eigenvalue weighted by Crippen LogP contribution is -2.14. The molecule has 0 saturated heterocycles. The summed E-state index contributed by atoms with van der Waals surface area (Å²) in [6.07, 6.45) is 1.80. The van der Waals surface area contributed by atoms with E-state index < -0.39 is 0 Å². The Labute approximate surface area is 141 Å². The van der Waals surface area contributed by atoms with Gasteiger partial charge in [0, 0.05) is 23.7 Å². The number of aryl methyl sites for hydroxylation is 1. The molecule has 2 aromatic carbocycles.